The Morgan fingerprint density at radius 3 is 3.05 bits per heavy atom. The summed E-state index contributed by atoms with van der Waals surface area (Å²) in [5.74, 6) is 4.75. The van der Waals surface area contributed by atoms with Crippen LogP contribution in [0.15, 0.2) is 12.1 Å². The summed E-state index contributed by atoms with van der Waals surface area (Å²) in [5, 5.41) is 2.65. The molecule has 0 bridgehead atoms. The molecular weight excluding hydrogens is 280 g/mol. The first kappa shape index (κ1) is 14.9. The number of likely N-dealkylation sites (N-methyl/N-ethyl adjacent to an activating group) is 1. The smallest absolute Gasteiger partial charge is 0.275 e. The molecule has 2 amide bonds. The van der Waals surface area contributed by atoms with Gasteiger partial charge in [0.2, 0.25) is 5.91 Å². The summed E-state index contributed by atoms with van der Waals surface area (Å²) in [5.41, 5.74) is 2.11. The first-order valence-electron chi connectivity index (χ1n) is 6.28. The van der Waals surface area contributed by atoms with Crippen LogP contribution >= 0.6 is 11.3 Å². The van der Waals surface area contributed by atoms with Crippen molar-refractivity contribution in [2.45, 2.75) is 12.6 Å². The van der Waals surface area contributed by atoms with Crippen LogP contribution in [0.25, 0.3) is 0 Å². The molecular formula is C12H18N4O3S. The van der Waals surface area contributed by atoms with Gasteiger partial charge < -0.3 is 10.1 Å². The molecule has 0 aromatic carbocycles. The molecule has 0 saturated carbocycles. The largest absolute Gasteiger partial charge is 0.378 e. The van der Waals surface area contributed by atoms with Crippen molar-refractivity contribution in [1.82, 2.24) is 15.6 Å². The summed E-state index contributed by atoms with van der Waals surface area (Å²) < 4.78 is 5.35. The molecule has 0 radical (unpaired) electrons. The zero-order chi connectivity index (χ0) is 14.5. The van der Waals surface area contributed by atoms with Gasteiger partial charge in [-0.25, -0.2) is 5.84 Å². The minimum absolute atomic E-state index is 0.0545. The topological polar surface area (TPSA) is 96.7 Å². The number of hydrogen-bond donors (Lipinski definition) is 3. The minimum Gasteiger partial charge on any atom is -0.378 e. The van der Waals surface area contributed by atoms with E-state index < -0.39 is 0 Å². The maximum Gasteiger partial charge on any atom is 0.275 e. The fourth-order valence-electron chi connectivity index (χ4n) is 2.09. The number of carbonyl (C=O) groups excluding carboxylic acids is 2. The quantitative estimate of drug-likeness (QED) is 0.388. The Hall–Kier alpha value is -1.48. The van der Waals surface area contributed by atoms with E-state index in [1.165, 1.54) is 11.3 Å². The Morgan fingerprint density at radius 2 is 2.35 bits per heavy atom. The number of nitrogens with zero attached hydrogens (tertiary/aromatic N) is 1. The highest BCUT2D eigenvalue weighted by atomic mass is 32.1. The van der Waals surface area contributed by atoms with Gasteiger partial charge in [-0.05, 0) is 12.1 Å². The fraction of sp³-hybridized carbons (Fsp3) is 0.500. The normalized spacial score (nSPS) is 19.6. The molecule has 1 aromatic heterocycles. The predicted octanol–water partition coefficient (Wildman–Crippen LogP) is -0.702. The maximum atomic E-state index is 11.8. The molecule has 20 heavy (non-hydrogen) atoms. The third-order valence-electron chi connectivity index (χ3n) is 3.16. The zero-order valence-corrected chi connectivity index (χ0v) is 12.0. The van der Waals surface area contributed by atoms with Crippen LogP contribution in [0.4, 0.5) is 0 Å². The van der Waals surface area contributed by atoms with Crippen LogP contribution < -0.4 is 16.6 Å². The van der Waals surface area contributed by atoms with E-state index in [1.807, 2.05) is 6.07 Å². The van der Waals surface area contributed by atoms with Crippen molar-refractivity contribution >= 4 is 23.2 Å². The van der Waals surface area contributed by atoms with Gasteiger partial charge in [-0.2, -0.15) is 0 Å². The summed E-state index contributed by atoms with van der Waals surface area (Å²) in [6.07, 6.45) is 0. The maximum absolute atomic E-state index is 11.8. The molecule has 1 aliphatic heterocycles. The molecule has 1 aliphatic rings. The SMILES string of the molecule is CNC(=O)C1COCCN1Cc1ccc(C(=O)NN)s1. The third kappa shape index (κ3) is 3.34. The van der Waals surface area contributed by atoms with Gasteiger partial charge >= 0.3 is 0 Å². The lowest BCUT2D eigenvalue weighted by molar-refractivity contribution is -0.132. The lowest BCUT2D eigenvalue weighted by Crippen LogP contribution is -2.52. The number of rotatable bonds is 4. The summed E-state index contributed by atoms with van der Waals surface area (Å²) in [7, 11) is 1.62. The van der Waals surface area contributed by atoms with E-state index in [1.54, 1.807) is 13.1 Å². The van der Waals surface area contributed by atoms with E-state index in [0.29, 0.717) is 31.2 Å². The van der Waals surface area contributed by atoms with Gasteiger partial charge in [0.05, 0.1) is 18.1 Å². The van der Waals surface area contributed by atoms with Crippen molar-refractivity contribution in [2.24, 2.45) is 5.84 Å². The highest BCUT2D eigenvalue weighted by molar-refractivity contribution is 7.14. The van der Waals surface area contributed by atoms with Gasteiger partial charge in [-0.3, -0.25) is 19.9 Å². The minimum atomic E-state index is -0.300. The molecule has 1 fully saturated rings. The first-order chi connectivity index (χ1) is 9.65. The predicted molar refractivity (Wildman–Crippen MR) is 75.1 cm³/mol. The number of morpholine rings is 1. The van der Waals surface area contributed by atoms with Crippen LogP contribution in [-0.2, 0) is 16.1 Å². The molecule has 4 N–H and O–H groups in total. The van der Waals surface area contributed by atoms with Gasteiger partial charge in [-0.1, -0.05) is 0 Å². The second-order valence-corrected chi connectivity index (χ2v) is 5.58. The van der Waals surface area contributed by atoms with Crippen molar-refractivity contribution in [3.63, 3.8) is 0 Å². The summed E-state index contributed by atoms with van der Waals surface area (Å²) >= 11 is 1.37. The van der Waals surface area contributed by atoms with Crippen molar-refractivity contribution in [1.29, 1.82) is 0 Å². The number of carbonyl (C=O) groups is 2. The molecule has 0 aliphatic carbocycles. The van der Waals surface area contributed by atoms with E-state index in [4.69, 9.17) is 10.6 Å². The standard InChI is InChI=1S/C12H18N4O3S/c1-14-11(17)9-7-19-5-4-16(9)6-8-2-3-10(20-8)12(18)15-13/h2-3,9H,4-7,13H2,1H3,(H,14,17)(H,15,18). The fourth-order valence-corrected chi connectivity index (χ4v) is 3.03. The van der Waals surface area contributed by atoms with E-state index in [2.05, 4.69) is 15.6 Å². The molecule has 1 unspecified atom stereocenters. The monoisotopic (exact) mass is 298 g/mol. The van der Waals surface area contributed by atoms with Crippen LogP contribution in [0.2, 0.25) is 0 Å². The highest BCUT2D eigenvalue weighted by Crippen LogP contribution is 2.20. The Bertz CT molecular complexity index is 491. The lowest BCUT2D eigenvalue weighted by atomic mass is 10.2. The van der Waals surface area contributed by atoms with Crippen molar-refractivity contribution in [2.75, 3.05) is 26.8 Å². The van der Waals surface area contributed by atoms with Gasteiger partial charge in [0.25, 0.3) is 5.91 Å². The summed E-state index contributed by atoms with van der Waals surface area (Å²) in [6, 6.07) is 3.33. The van der Waals surface area contributed by atoms with Gasteiger partial charge in [-0.15, -0.1) is 11.3 Å². The first-order valence-corrected chi connectivity index (χ1v) is 7.10. The number of hydrazine groups is 1. The molecule has 110 valence electrons. The number of ether oxygens (including phenoxy) is 1. The average Bonchev–Trinajstić information content (AvgIpc) is 2.94. The summed E-state index contributed by atoms with van der Waals surface area (Å²) in [6.45, 7) is 2.30. The second kappa shape index (κ2) is 6.80. The molecule has 1 aromatic rings. The number of thiophene rings is 1. The third-order valence-corrected chi connectivity index (χ3v) is 4.23. The van der Waals surface area contributed by atoms with Gasteiger partial charge in [0.1, 0.15) is 6.04 Å². The molecule has 8 heteroatoms. The molecule has 0 spiro atoms. The zero-order valence-electron chi connectivity index (χ0n) is 11.2. The van der Waals surface area contributed by atoms with E-state index in [-0.39, 0.29) is 17.9 Å². The molecule has 2 rings (SSSR count). The lowest BCUT2D eigenvalue weighted by Gasteiger charge is -2.33. The van der Waals surface area contributed by atoms with Crippen molar-refractivity contribution in [3.8, 4) is 0 Å². The Morgan fingerprint density at radius 1 is 1.55 bits per heavy atom. The Labute approximate surface area is 121 Å². The van der Waals surface area contributed by atoms with E-state index in [0.717, 1.165) is 4.88 Å². The molecule has 7 nitrogen and oxygen atoms in total. The van der Waals surface area contributed by atoms with Crippen molar-refractivity contribution in [3.05, 3.63) is 21.9 Å². The molecule has 1 atom stereocenters. The van der Waals surface area contributed by atoms with Crippen LogP contribution in [0, 0.1) is 0 Å². The van der Waals surface area contributed by atoms with Crippen molar-refractivity contribution < 1.29 is 14.3 Å². The van der Waals surface area contributed by atoms with Crippen LogP contribution in [-0.4, -0.2) is 49.6 Å². The second-order valence-electron chi connectivity index (χ2n) is 4.41. The number of nitrogen functional groups attached to an aromatic ring is 1. The molecule has 1 saturated heterocycles. The van der Waals surface area contributed by atoms with E-state index >= 15 is 0 Å². The number of nitrogens with two attached hydrogens (primary N) is 1. The Balaban J connectivity index is 2.05. The summed E-state index contributed by atoms with van der Waals surface area (Å²) in [4.78, 5) is 26.9. The highest BCUT2D eigenvalue weighted by Gasteiger charge is 2.29. The van der Waals surface area contributed by atoms with E-state index in [9.17, 15) is 9.59 Å². The van der Waals surface area contributed by atoms with Crippen LogP contribution in [0.5, 0.6) is 0 Å². The van der Waals surface area contributed by atoms with Gasteiger partial charge in [0.15, 0.2) is 0 Å². The number of amides is 2. The number of nitrogens with one attached hydrogen (secondary N) is 2. The van der Waals surface area contributed by atoms with Crippen LogP contribution in [0.3, 0.4) is 0 Å². The van der Waals surface area contributed by atoms with Crippen LogP contribution in [0.1, 0.15) is 14.5 Å². The molecule has 2 heterocycles. The van der Waals surface area contributed by atoms with Gasteiger partial charge in [0, 0.05) is 25.0 Å². The average molecular weight is 298 g/mol. The Kier molecular flexibility index (Phi) is 5.07. The number of hydrogen-bond acceptors (Lipinski definition) is 6.